The van der Waals surface area contributed by atoms with Crippen LogP contribution in [-0.2, 0) is 11.8 Å². The Bertz CT molecular complexity index is 1220. The van der Waals surface area contributed by atoms with Gasteiger partial charge in [-0.3, -0.25) is 4.79 Å². The maximum atomic E-state index is 12.9. The highest BCUT2D eigenvalue weighted by molar-refractivity contribution is 5.88. The molecule has 4 aromatic rings. The van der Waals surface area contributed by atoms with E-state index in [2.05, 4.69) is 10.3 Å². The van der Waals surface area contributed by atoms with Gasteiger partial charge in [-0.2, -0.15) is 0 Å². The molecule has 0 aliphatic rings. The molecular weight excluding hydrogens is 418 g/mol. The van der Waals surface area contributed by atoms with Crippen LogP contribution in [0, 0.1) is 0 Å². The molecule has 0 aliphatic heterocycles. The number of fused-ring (bicyclic) bond motifs is 1. The molecule has 3 aromatic carbocycles. The number of benzene rings is 3. The fourth-order valence-corrected chi connectivity index (χ4v) is 3.76. The molecule has 0 saturated heterocycles. The highest BCUT2D eigenvalue weighted by Gasteiger charge is 2.22. The Morgan fingerprint density at radius 3 is 2.45 bits per heavy atom. The minimum atomic E-state index is -0.473. The van der Waals surface area contributed by atoms with Crippen molar-refractivity contribution in [3.63, 3.8) is 0 Å². The first-order chi connectivity index (χ1) is 16.1. The van der Waals surface area contributed by atoms with Gasteiger partial charge in [0.15, 0.2) is 0 Å². The van der Waals surface area contributed by atoms with Gasteiger partial charge in [-0.05, 0) is 29.1 Å². The molecule has 1 atom stereocenters. The second-order valence-corrected chi connectivity index (χ2v) is 7.62. The van der Waals surface area contributed by atoms with Crippen molar-refractivity contribution < 1.29 is 19.0 Å². The SMILES string of the molecule is COc1cc(OC)cc([C@H](NC(=O)CCOc2cccc3ccccc23)c2nccn2C)c1. The van der Waals surface area contributed by atoms with Crippen molar-refractivity contribution in [2.45, 2.75) is 12.5 Å². The quantitative estimate of drug-likeness (QED) is 0.417. The molecule has 33 heavy (non-hydrogen) atoms. The van der Waals surface area contributed by atoms with Crippen LogP contribution < -0.4 is 19.5 Å². The maximum absolute atomic E-state index is 12.9. The fourth-order valence-electron chi connectivity index (χ4n) is 3.76. The second-order valence-electron chi connectivity index (χ2n) is 7.62. The van der Waals surface area contributed by atoms with Crippen molar-refractivity contribution in [2.24, 2.45) is 7.05 Å². The monoisotopic (exact) mass is 445 g/mol. The van der Waals surface area contributed by atoms with E-state index in [-0.39, 0.29) is 18.9 Å². The van der Waals surface area contributed by atoms with E-state index in [4.69, 9.17) is 14.2 Å². The normalized spacial score (nSPS) is 11.7. The molecule has 0 aliphatic carbocycles. The van der Waals surface area contributed by atoms with Gasteiger partial charge in [-0.25, -0.2) is 4.98 Å². The zero-order valence-electron chi connectivity index (χ0n) is 18.9. The minimum absolute atomic E-state index is 0.148. The summed E-state index contributed by atoms with van der Waals surface area (Å²) < 4.78 is 18.6. The third kappa shape index (κ3) is 5.09. The van der Waals surface area contributed by atoms with Gasteiger partial charge < -0.3 is 24.1 Å². The smallest absolute Gasteiger partial charge is 0.224 e. The van der Waals surface area contributed by atoms with Gasteiger partial charge in [0.05, 0.1) is 27.2 Å². The van der Waals surface area contributed by atoms with Gasteiger partial charge in [-0.15, -0.1) is 0 Å². The highest BCUT2D eigenvalue weighted by atomic mass is 16.5. The molecule has 0 radical (unpaired) electrons. The van der Waals surface area contributed by atoms with Crippen molar-refractivity contribution in [3.05, 3.63) is 84.4 Å². The Morgan fingerprint density at radius 1 is 1.03 bits per heavy atom. The van der Waals surface area contributed by atoms with E-state index in [1.54, 1.807) is 26.5 Å². The zero-order valence-corrected chi connectivity index (χ0v) is 18.9. The maximum Gasteiger partial charge on any atom is 0.224 e. The number of carbonyl (C=O) groups is 1. The number of nitrogens with one attached hydrogen (secondary N) is 1. The number of aryl methyl sites for hydroxylation is 1. The lowest BCUT2D eigenvalue weighted by atomic mass is 10.0. The Kier molecular flexibility index (Phi) is 6.78. The molecule has 0 saturated carbocycles. The number of carbonyl (C=O) groups excluding carboxylic acids is 1. The van der Waals surface area contributed by atoms with Crippen LogP contribution >= 0.6 is 0 Å². The summed E-state index contributed by atoms with van der Waals surface area (Å²) in [7, 11) is 5.08. The summed E-state index contributed by atoms with van der Waals surface area (Å²) in [5, 5.41) is 5.21. The third-order valence-electron chi connectivity index (χ3n) is 5.47. The predicted octanol–water partition coefficient (Wildman–Crippen LogP) is 4.27. The topological polar surface area (TPSA) is 74.6 Å². The van der Waals surface area contributed by atoms with E-state index in [1.165, 1.54) is 0 Å². The summed E-state index contributed by atoms with van der Waals surface area (Å²) in [6.07, 6.45) is 3.75. The Labute approximate surface area is 192 Å². The van der Waals surface area contributed by atoms with E-state index >= 15 is 0 Å². The lowest BCUT2D eigenvalue weighted by molar-refractivity contribution is -0.122. The zero-order chi connectivity index (χ0) is 23.2. The number of nitrogens with zero attached hydrogens (tertiary/aromatic N) is 2. The molecule has 0 fully saturated rings. The van der Waals surface area contributed by atoms with Crippen LogP contribution in [0.15, 0.2) is 73.1 Å². The summed E-state index contributed by atoms with van der Waals surface area (Å²) in [6, 6.07) is 19.0. The first kappa shape index (κ1) is 22.2. The Hall–Kier alpha value is -4.00. The number of rotatable bonds is 9. The van der Waals surface area contributed by atoms with Crippen molar-refractivity contribution in [1.29, 1.82) is 0 Å². The van der Waals surface area contributed by atoms with E-state index in [1.807, 2.05) is 72.4 Å². The Balaban J connectivity index is 1.50. The number of aromatic nitrogens is 2. The van der Waals surface area contributed by atoms with Gasteiger partial charge >= 0.3 is 0 Å². The number of hydrogen-bond acceptors (Lipinski definition) is 5. The molecule has 0 unspecified atom stereocenters. The average molecular weight is 446 g/mol. The molecule has 1 amide bonds. The molecule has 1 N–H and O–H groups in total. The van der Waals surface area contributed by atoms with Crippen molar-refractivity contribution >= 4 is 16.7 Å². The van der Waals surface area contributed by atoms with Crippen LogP contribution in [0.1, 0.15) is 23.9 Å². The number of amides is 1. The number of imidazole rings is 1. The van der Waals surface area contributed by atoms with E-state index in [9.17, 15) is 4.79 Å². The van der Waals surface area contributed by atoms with E-state index in [0.29, 0.717) is 17.3 Å². The van der Waals surface area contributed by atoms with Gasteiger partial charge in [0, 0.05) is 30.9 Å². The number of methoxy groups -OCH3 is 2. The van der Waals surface area contributed by atoms with Gasteiger partial charge in [0.2, 0.25) is 5.91 Å². The minimum Gasteiger partial charge on any atom is -0.497 e. The predicted molar refractivity (Wildman–Crippen MR) is 127 cm³/mol. The summed E-state index contributed by atoms with van der Waals surface area (Å²) in [6.45, 7) is 0.258. The van der Waals surface area contributed by atoms with Gasteiger partial charge in [0.1, 0.15) is 29.1 Å². The first-order valence-electron chi connectivity index (χ1n) is 10.7. The average Bonchev–Trinajstić information content (AvgIpc) is 3.27. The lowest BCUT2D eigenvalue weighted by Crippen LogP contribution is -2.32. The standard InChI is InChI=1S/C26H27N3O4/c1-29-13-12-27-26(29)25(19-15-20(31-2)17-21(16-19)32-3)28-24(30)11-14-33-23-10-6-8-18-7-4-5-9-22(18)23/h4-10,12-13,15-17,25H,11,14H2,1-3H3,(H,28,30)/t25-/m0/s1. The molecule has 1 heterocycles. The number of ether oxygens (including phenoxy) is 3. The van der Waals surface area contributed by atoms with Crippen LogP contribution in [-0.4, -0.2) is 36.3 Å². The van der Waals surface area contributed by atoms with Crippen molar-refractivity contribution in [1.82, 2.24) is 14.9 Å². The summed E-state index contributed by atoms with van der Waals surface area (Å²) in [5.74, 6) is 2.59. The molecule has 0 spiro atoms. The number of hydrogen-bond donors (Lipinski definition) is 1. The third-order valence-corrected chi connectivity index (χ3v) is 5.47. The largest absolute Gasteiger partial charge is 0.497 e. The highest BCUT2D eigenvalue weighted by Crippen LogP contribution is 2.30. The van der Waals surface area contributed by atoms with Gasteiger partial charge in [-0.1, -0.05) is 36.4 Å². The van der Waals surface area contributed by atoms with Crippen LogP contribution in [0.4, 0.5) is 0 Å². The van der Waals surface area contributed by atoms with Crippen LogP contribution in [0.3, 0.4) is 0 Å². The van der Waals surface area contributed by atoms with Crippen LogP contribution in [0.2, 0.25) is 0 Å². The van der Waals surface area contributed by atoms with Crippen molar-refractivity contribution in [3.8, 4) is 17.2 Å². The first-order valence-corrected chi connectivity index (χ1v) is 10.7. The fraction of sp³-hybridized carbons (Fsp3) is 0.231. The van der Waals surface area contributed by atoms with Gasteiger partial charge in [0.25, 0.3) is 0 Å². The molecule has 4 rings (SSSR count). The summed E-state index contributed by atoms with van der Waals surface area (Å²) >= 11 is 0. The lowest BCUT2D eigenvalue weighted by Gasteiger charge is -2.20. The second kappa shape index (κ2) is 10.1. The molecular formula is C26H27N3O4. The van der Waals surface area contributed by atoms with E-state index in [0.717, 1.165) is 22.1 Å². The molecule has 0 bridgehead atoms. The molecule has 1 aromatic heterocycles. The molecule has 170 valence electrons. The summed E-state index contributed by atoms with van der Waals surface area (Å²) in [5.41, 5.74) is 0.809. The van der Waals surface area contributed by atoms with Crippen molar-refractivity contribution in [2.75, 3.05) is 20.8 Å². The van der Waals surface area contributed by atoms with Crippen LogP contribution in [0.5, 0.6) is 17.2 Å². The molecule has 7 nitrogen and oxygen atoms in total. The summed E-state index contributed by atoms with van der Waals surface area (Å²) in [4.78, 5) is 17.4. The molecule has 7 heteroatoms. The van der Waals surface area contributed by atoms with Crippen LogP contribution in [0.25, 0.3) is 10.8 Å². The Morgan fingerprint density at radius 2 is 1.76 bits per heavy atom. The van der Waals surface area contributed by atoms with E-state index < -0.39 is 6.04 Å².